The Morgan fingerprint density at radius 3 is 2.77 bits per heavy atom. The molecule has 0 bridgehead atoms. The van der Waals surface area contributed by atoms with E-state index in [9.17, 15) is 9.50 Å². The number of halogens is 1. The normalized spacial score (nSPS) is 18.2. The molecule has 1 atom stereocenters. The number of likely N-dealkylation sites (tertiary alicyclic amines) is 1. The van der Waals surface area contributed by atoms with Gasteiger partial charge in [0.25, 0.3) is 0 Å². The SMILES string of the molecule is C=C/C(=N\N=C(/C)c1ccc(-c2cn[nH]c2F)cc1O)N1CCC(NC(C)(C)C)C1. The number of aromatic amines is 1. The third kappa shape index (κ3) is 5.13. The van der Waals surface area contributed by atoms with Crippen LogP contribution in [0.15, 0.2) is 47.3 Å². The van der Waals surface area contributed by atoms with Gasteiger partial charge >= 0.3 is 0 Å². The van der Waals surface area contributed by atoms with Crippen molar-refractivity contribution in [1.82, 2.24) is 20.4 Å². The summed E-state index contributed by atoms with van der Waals surface area (Å²) in [7, 11) is 0. The highest BCUT2D eigenvalue weighted by molar-refractivity contribution is 6.02. The third-order valence-corrected chi connectivity index (χ3v) is 4.93. The van der Waals surface area contributed by atoms with Crippen LogP contribution in [-0.2, 0) is 0 Å². The topological polar surface area (TPSA) is 88.9 Å². The number of nitrogens with one attached hydrogen (secondary N) is 2. The van der Waals surface area contributed by atoms with Gasteiger partial charge in [0.15, 0.2) is 5.84 Å². The first-order valence-corrected chi connectivity index (χ1v) is 9.98. The summed E-state index contributed by atoms with van der Waals surface area (Å²) in [5.41, 5.74) is 1.97. The fraction of sp³-hybridized carbons (Fsp3) is 0.409. The van der Waals surface area contributed by atoms with Gasteiger partial charge in [0, 0.05) is 30.2 Å². The number of nitrogens with zero attached hydrogens (tertiary/aromatic N) is 4. The van der Waals surface area contributed by atoms with E-state index in [0.29, 0.717) is 34.3 Å². The number of phenols is 1. The number of H-pyrrole nitrogens is 1. The van der Waals surface area contributed by atoms with Gasteiger partial charge in [-0.2, -0.15) is 14.6 Å². The van der Waals surface area contributed by atoms with Gasteiger partial charge < -0.3 is 15.3 Å². The van der Waals surface area contributed by atoms with Gasteiger partial charge in [0.05, 0.1) is 17.5 Å². The van der Waals surface area contributed by atoms with E-state index in [0.717, 1.165) is 19.5 Å². The molecule has 7 nitrogen and oxygen atoms in total. The zero-order valence-corrected chi connectivity index (χ0v) is 17.9. The molecule has 3 rings (SSSR count). The summed E-state index contributed by atoms with van der Waals surface area (Å²) in [4.78, 5) is 2.15. The second kappa shape index (κ2) is 8.79. The Hall–Kier alpha value is -3.00. The third-order valence-electron chi connectivity index (χ3n) is 4.93. The number of hydrogen-bond donors (Lipinski definition) is 3. The molecule has 8 heteroatoms. The standard InChI is InChI=1S/C22H29FN6O/c1-6-20(29-10-9-16(13-29)25-22(3,4)5)27-26-14(2)17-8-7-15(11-19(17)30)18-12-24-28-21(18)23/h6-8,11-12,16,25,30H,1,9-10,13H2,2-5H3,(H,24,28)/b26-14+,27-20+. The molecule has 0 aliphatic carbocycles. The van der Waals surface area contributed by atoms with Crippen molar-refractivity contribution in [3.63, 3.8) is 0 Å². The van der Waals surface area contributed by atoms with Gasteiger partial charge in [0.1, 0.15) is 5.75 Å². The lowest BCUT2D eigenvalue weighted by Crippen LogP contribution is -2.45. The number of amidine groups is 1. The lowest BCUT2D eigenvalue weighted by molar-refractivity contribution is 0.360. The van der Waals surface area contributed by atoms with Crippen LogP contribution < -0.4 is 5.32 Å². The Labute approximate surface area is 176 Å². The van der Waals surface area contributed by atoms with Crippen molar-refractivity contribution < 1.29 is 9.50 Å². The molecule has 0 spiro atoms. The number of rotatable bonds is 5. The Balaban J connectivity index is 1.75. The second-order valence-corrected chi connectivity index (χ2v) is 8.50. The highest BCUT2D eigenvalue weighted by Crippen LogP contribution is 2.28. The highest BCUT2D eigenvalue weighted by Gasteiger charge is 2.26. The monoisotopic (exact) mass is 412 g/mol. The van der Waals surface area contributed by atoms with Crippen molar-refractivity contribution in [2.24, 2.45) is 10.2 Å². The molecule has 1 unspecified atom stereocenters. The minimum atomic E-state index is -0.544. The number of benzene rings is 1. The molecule has 0 radical (unpaired) electrons. The van der Waals surface area contributed by atoms with Crippen molar-refractivity contribution in [1.29, 1.82) is 0 Å². The van der Waals surface area contributed by atoms with Crippen LogP contribution in [0, 0.1) is 5.95 Å². The summed E-state index contributed by atoms with van der Waals surface area (Å²) in [6, 6.07) is 5.28. The van der Waals surface area contributed by atoms with E-state index < -0.39 is 5.95 Å². The van der Waals surface area contributed by atoms with E-state index in [2.05, 4.69) is 58.0 Å². The molecule has 1 fully saturated rings. The first-order chi connectivity index (χ1) is 14.2. The van der Waals surface area contributed by atoms with Crippen LogP contribution in [0.3, 0.4) is 0 Å². The zero-order valence-electron chi connectivity index (χ0n) is 17.9. The Morgan fingerprint density at radius 1 is 1.40 bits per heavy atom. The van der Waals surface area contributed by atoms with Crippen molar-refractivity contribution >= 4 is 11.5 Å². The second-order valence-electron chi connectivity index (χ2n) is 8.50. The van der Waals surface area contributed by atoms with Crippen LogP contribution in [-0.4, -0.2) is 56.4 Å². The molecular formula is C22H29FN6O. The summed E-state index contributed by atoms with van der Waals surface area (Å²) in [5.74, 6) is 0.155. The van der Waals surface area contributed by atoms with Crippen LogP contribution >= 0.6 is 0 Å². The average Bonchev–Trinajstić information content (AvgIpc) is 3.29. The summed E-state index contributed by atoms with van der Waals surface area (Å²) >= 11 is 0. The van der Waals surface area contributed by atoms with Crippen molar-refractivity contribution in [3.8, 4) is 16.9 Å². The smallest absolute Gasteiger partial charge is 0.216 e. The fourth-order valence-corrected chi connectivity index (χ4v) is 3.59. The van der Waals surface area contributed by atoms with Crippen molar-refractivity contribution in [3.05, 3.63) is 48.6 Å². The van der Waals surface area contributed by atoms with Gasteiger partial charge in [-0.05, 0) is 57.9 Å². The minimum absolute atomic E-state index is 0.000293. The molecule has 1 aromatic carbocycles. The van der Waals surface area contributed by atoms with Crippen molar-refractivity contribution in [2.45, 2.75) is 45.7 Å². The Bertz CT molecular complexity index is 972. The molecule has 0 amide bonds. The Morgan fingerprint density at radius 2 is 2.17 bits per heavy atom. The summed E-state index contributed by atoms with van der Waals surface area (Å²) in [6.07, 6.45) is 4.10. The maximum atomic E-state index is 13.7. The predicted molar refractivity (Wildman–Crippen MR) is 118 cm³/mol. The molecule has 3 N–H and O–H groups in total. The molecule has 30 heavy (non-hydrogen) atoms. The molecule has 0 saturated carbocycles. The minimum Gasteiger partial charge on any atom is -0.507 e. The fourth-order valence-electron chi connectivity index (χ4n) is 3.59. The van der Waals surface area contributed by atoms with Crippen LogP contribution in [0.2, 0.25) is 0 Å². The average molecular weight is 413 g/mol. The van der Waals surface area contributed by atoms with Gasteiger partial charge in [0.2, 0.25) is 5.95 Å². The summed E-state index contributed by atoms with van der Waals surface area (Å²) in [6.45, 7) is 13.8. The van der Waals surface area contributed by atoms with Crippen molar-refractivity contribution in [2.75, 3.05) is 13.1 Å². The van der Waals surface area contributed by atoms with Gasteiger partial charge in [-0.1, -0.05) is 12.6 Å². The maximum Gasteiger partial charge on any atom is 0.216 e. The quantitative estimate of drug-likeness (QED) is 0.397. The molecule has 2 heterocycles. The highest BCUT2D eigenvalue weighted by atomic mass is 19.1. The summed E-state index contributed by atoms with van der Waals surface area (Å²) in [5, 5.41) is 28.6. The van der Waals surface area contributed by atoms with Crippen LogP contribution in [0.5, 0.6) is 5.75 Å². The van der Waals surface area contributed by atoms with Crippen LogP contribution in [0.25, 0.3) is 11.1 Å². The van der Waals surface area contributed by atoms with Gasteiger partial charge in [-0.15, -0.1) is 5.10 Å². The number of aromatic hydroxyl groups is 1. The van der Waals surface area contributed by atoms with Crippen LogP contribution in [0.1, 0.15) is 39.7 Å². The lowest BCUT2D eigenvalue weighted by Gasteiger charge is -2.26. The molecule has 160 valence electrons. The van der Waals surface area contributed by atoms with Gasteiger partial charge in [-0.25, -0.2) is 0 Å². The molecule has 1 aliphatic heterocycles. The van der Waals surface area contributed by atoms with E-state index in [1.54, 1.807) is 25.1 Å². The predicted octanol–water partition coefficient (Wildman–Crippen LogP) is 3.69. The molecule has 1 aliphatic rings. The first kappa shape index (κ1) is 21.7. The van der Waals surface area contributed by atoms with E-state index in [4.69, 9.17) is 0 Å². The molecule has 2 aromatic rings. The van der Waals surface area contributed by atoms with Crippen LogP contribution in [0.4, 0.5) is 4.39 Å². The zero-order chi connectivity index (χ0) is 21.9. The number of hydrogen-bond acceptors (Lipinski definition) is 5. The van der Waals surface area contributed by atoms with E-state index in [1.807, 2.05) is 0 Å². The number of phenolic OH excluding ortho intramolecular Hbond substituents is 1. The van der Waals surface area contributed by atoms with E-state index in [1.165, 1.54) is 12.3 Å². The molecule has 1 saturated heterocycles. The Kier molecular flexibility index (Phi) is 6.36. The van der Waals surface area contributed by atoms with E-state index in [-0.39, 0.29) is 11.3 Å². The lowest BCUT2D eigenvalue weighted by atomic mass is 10.0. The molecule has 1 aromatic heterocycles. The largest absolute Gasteiger partial charge is 0.507 e. The first-order valence-electron chi connectivity index (χ1n) is 9.98. The van der Waals surface area contributed by atoms with Gasteiger partial charge in [-0.3, -0.25) is 5.10 Å². The maximum absolute atomic E-state index is 13.7. The van der Waals surface area contributed by atoms with E-state index >= 15 is 0 Å². The summed E-state index contributed by atoms with van der Waals surface area (Å²) < 4.78 is 13.7. The number of aromatic nitrogens is 2. The molecular weight excluding hydrogens is 383 g/mol.